The molecular formula is C15H24N2O2. The Hall–Kier alpha value is -1.10. The largest absolute Gasteiger partial charge is 0.492 e. The smallest absolute Gasteiger partial charge is 0.123 e. The lowest BCUT2D eigenvalue weighted by molar-refractivity contribution is 0.0392. The zero-order valence-electron chi connectivity index (χ0n) is 11.7. The van der Waals surface area contributed by atoms with Crippen LogP contribution in [0.5, 0.6) is 5.75 Å². The Morgan fingerprint density at radius 2 is 2.05 bits per heavy atom. The molecule has 0 radical (unpaired) electrons. The van der Waals surface area contributed by atoms with Gasteiger partial charge in [0, 0.05) is 37.9 Å². The number of hydrogen-bond acceptors (Lipinski definition) is 4. The summed E-state index contributed by atoms with van der Waals surface area (Å²) in [7, 11) is 2.16. The normalized spacial score (nSPS) is 16.8. The summed E-state index contributed by atoms with van der Waals surface area (Å²) in [6.07, 6.45) is 2.24. The molecule has 4 nitrogen and oxygen atoms in total. The molecule has 106 valence electrons. The lowest BCUT2D eigenvalue weighted by atomic mass is 10.1. The topological polar surface area (TPSA) is 47.7 Å². The Bertz CT molecular complexity index is 378. The first-order valence-corrected chi connectivity index (χ1v) is 7.00. The van der Waals surface area contributed by atoms with Crippen molar-refractivity contribution in [2.24, 2.45) is 5.73 Å². The third-order valence-corrected chi connectivity index (χ3v) is 3.71. The fraction of sp³-hybridized carbons (Fsp3) is 0.600. The van der Waals surface area contributed by atoms with Crippen LogP contribution < -0.4 is 10.5 Å². The summed E-state index contributed by atoms with van der Waals surface area (Å²) in [5, 5.41) is 0. The average molecular weight is 264 g/mol. The predicted octanol–water partition coefficient (Wildman–Crippen LogP) is 1.63. The minimum atomic E-state index is 0.520. The number of para-hydroxylation sites is 1. The van der Waals surface area contributed by atoms with E-state index in [4.69, 9.17) is 15.2 Å². The van der Waals surface area contributed by atoms with E-state index < -0.39 is 0 Å². The number of benzene rings is 1. The van der Waals surface area contributed by atoms with E-state index in [2.05, 4.69) is 11.9 Å². The van der Waals surface area contributed by atoms with Gasteiger partial charge in [-0.3, -0.25) is 4.90 Å². The third-order valence-electron chi connectivity index (χ3n) is 3.71. The van der Waals surface area contributed by atoms with E-state index in [9.17, 15) is 0 Å². The van der Waals surface area contributed by atoms with Crippen molar-refractivity contribution in [3.05, 3.63) is 29.8 Å². The first kappa shape index (κ1) is 14.3. The number of likely N-dealkylation sites (N-methyl/N-ethyl adjacent to an activating group) is 1. The second kappa shape index (κ2) is 7.48. The van der Waals surface area contributed by atoms with E-state index >= 15 is 0 Å². The van der Waals surface area contributed by atoms with E-state index in [0.29, 0.717) is 19.2 Å². The summed E-state index contributed by atoms with van der Waals surface area (Å²) >= 11 is 0. The van der Waals surface area contributed by atoms with Crippen LogP contribution in [0.15, 0.2) is 24.3 Å². The second-order valence-corrected chi connectivity index (χ2v) is 4.98. The second-order valence-electron chi connectivity index (χ2n) is 4.98. The molecule has 2 N–H and O–H groups in total. The van der Waals surface area contributed by atoms with Crippen molar-refractivity contribution in [2.75, 3.05) is 33.4 Å². The van der Waals surface area contributed by atoms with E-state index in [0.717, 1.165) is 43.9 Å². The number of nitrogens with zero attached hydrogens (tertiary/aromatic N) is 1. The number of ether oxygens (including phenoxy) is 2. The molecule has 0 aliphatic carbocycles. The summed E-state index contributed by atoms with van der Waals surface area (Å²) in [6, 6.07) is 8.59. The Morgan fingerprint density at radius 1 is 1.32 bits per heavy atom. The molecule has 1 aromatic carbocycles. The Balaban J connectivity index is 1.76. The van der Waals surface area contributed by atoms with Crippen LogP contribution in [0.4, 0.5) is 0 Å². The van der Waals surface area contributed by atoms with E-state index in [1.165, 1.54) is 0 Å². The van der Waals surface area contributed by atoms with Gasteiger partial charge in [-0.1, -0.05) is 18.2 Å². The van der Waals surface area contributed by atoms with Gasteiger partial charge in [0.05, 0.1) is 0 Å². The molecule has 1 heterocycles. The highest BCUT2D eigenvalue weighted by Gasteiger charge is 2.18. The molecule has 1 aliphatic heterocycles. The zero-order chi connectivity index (χ0) is 13.5. The quantitative estimate of drug-likeness (QED) is 0.848. The van der Waals surface area contributed by atoms with Crippen LogP contribution >= 0.6 is 0 Å². The summed E-state index contributed by atoms with van der Waals surface area (Å²) in [5.41, 5.74) is 6.76. The number of rotatable bonds is 6. The van der Waals surface area contributed by atoms with Gasteiger partial charge in [-0.2, -0.15) is 0 Å². The molecule has 1 aliphatic rings. The Labute approximate surface area is 115 Å². The molecule has 1 aromatic rings. The summed E-state index contributed by atoms with van der Waals surface area (Å²) in [5.74, 6) is 0.908. The molecule has 0 spiro atoms. The third kappa shape index (κ3) is 4.20. The van der Waals surface area contributed by atoms with Gasteiger partial charge in [-0.05, 0) is 26.0 Å². The molecule has 0 atom stereocenters. The molecule has 0 saturated carbocycles. The van der Waals surface area contributed by atoms with E-state index in [1.807, 2.05) is 24.3 Å². The van der Waals surface area contributed by atoms with Crippen molar-refractivity contribution in [1.82, 2.24) is 4.90 Å². The lowest BCUT2D eigenvalue weighted by Gasteiger charge is -2.31. The van der Waals surface area contributed by atoms with Crippen molar-refractivity contribution in [3.63, 3.8) is 0 Å². The van der Waals surface area contributed by atoms with E-state index in [1.54, 1.807) is 0 Å². The summed E-state index contributed by atoms with van der Waals surface area (Å²) in [6.45, 7) is 3.91. The van der Waals surface area contributed by atoms with Crippen LogP contribution in [-0.2, 0) is 11.3 Å². The van der Waals surface area contributed by atoms with Gasteiger partial charge in [0.25, 0.3) is 0 Å². The van der Waals surface area contributed by atoms with Crippen LogP contribution in [0.3, 0.4) is 0 Å². The molecule has 0 bridgehead atoms. The van der Waals surface area contributed by atoms with Crippen LogP contribution in [0, 0.1) is 0 Å². The highest BCUT2D eigenvalue weighted by molar-refractivity contribution is 5.32. The summed E-state index contributed by atoms with van der Waals surface area (Å²) in [4.78, 5) is 2.37. The molecule has 1 saturated heterocycles. The minimum Gasteiger partial charge on any atom is -0.492 e. The fourth-order valence-electron chi connectivity index (χ4n) is 2.42. The first-order valence-electron chi connectivity index (χ1n) is 7.00. The van der Waals surface area contributed by atoms with Crippen molar-refractivity contribution < 1.29 is 9.47 Å². The first-order chi connectivity index (χ1) is 9.31. The molecule has 0 unspecified atom stereocenters. The zero-order valence-corrected chi connectivity index (χ0v) is 11.7. The van der Waals surface area contributed by atoms with Gasteiger partial charge < -0.3 is 15.2 Å². The van der Waals surface area contributed by atoms with Gasteiger partial charge in [0.2, 0.25) is 0 Å². The van der Waals surface area contributed by atoms with Gasteiger partial charge in [0.1, 0.15) is 12.4 Å². The van der Waals surface area contributed by atoms with Gasteiger partial charge in [0.15, 0.2) is 0 Å². The van der Waals surface area contributed by atoms with E-state index in [-0.39, 0.29) is 0 Å². The van der Waals surface area contributed by atoms with Gasteiger partial charge >= 0.3 is 0 Å². The standard InChI is InChI=1S/C15H24N2O2/c1-17(14-6-9-18-10-7-14)8-11-19-15-5-3-2-4-13(15)12-16/h2-5,14H,6-12,16H2,1H3. The number of hydrogen-bond donors (Lipinski definition) is 1. The molecule has 4 heteroatoms. The van der Waals surface area contributed by atoms with Crippen LogP contribution in [0.2, 0.25) is 0 Å². The average Bonchev–Trinajstić information content (AvgIpc) is 2.48. The van der Waals surface area contributed by atoms with Crippen molar-refractivity contribution in [2.45, 2.75) is 25.4 Å². The molecule has 1 fully saturated rings. The van der Waals surface area contributed by atoms with Crippen molar-refractivity contribution >= 4 is 0 Å². The maximum Gasteiger partial charge on any atom is 0.123 e. The lowest BCUT2D eigenvalue weighted by Crippen LogP contribution is -2.38. The molecule has 2 rings (SSSR count). The van der Waals surface area contributed by atoms with Crippen LogP contribution in [0.25, 0.3) is 0 Å². The fourth-order valence-corrected chi connectivity index (χ4v) is 2.42. The Morgan fingerprint density at radius 3 is 2.79 bits per heavy atom. The maximum absolute atomic E-state index is 5.84. The molecular weight excluding hydrogens is 240 g/mol. The predicted molar refractivity (Wildman–Crippen MR) is 76.3 cm³/mol. The highest BCUT2D eigenvalue weighted by atomic mass is 16.5. The maximum atomic E-state index is 5.84. The van der Waals surface area contributed by atoms with Crippen LogP contribution in [-0.4, -0.2) is 44.4 Å². The van der Waals surface area contributed by atoms with Crippen LogP contribution in [0.1, 0.15) is 18.4 Å². The molecule has 19 heavy (non-hydrogen) atoms. The molecule has 0 amide bonds. The van der Waals surface area contributed by atoms with Crippen molar-refractivity contribution in [3.8, 4) is 5.75 Å². The molecule has 0 aromatic heterocycles. The Kier molecular flexibility index (Phi) is 5.63. The van der Waals surface area contributed by atoms with Gasteiger partial charge in [-0.25, -0.2) is 0 Å². The van der Waals surface area contributed by atoms with Gasteiger partial charge in [-0.15, -0.1) is 0 Å². The summed E-state index contributed by atoms with van der Waals surface area (Å²) < 4.78 is 11.2. The highest BCUT2D eigenvalue weighted by Crippen LogP contribution is 2.17. The minimum absolute atomic E-state index is 0.520. The monoisotopic (exact) mass is 264 g/mol. The SMILES string of the molecule is CN(CCOc1ccccc1CN)C1CCOCC1. The number of nitrogens with two attached hydrogens (primary N) is 1. The van der Waals surface area contributed by atoms with Crippen molar-refractivity contribution in [1.29, 1.82) is 0 Å².